The number of amides is 1. The van der Waals surface area contributed by atoms with E-state index in [1.165, 1.54) is 0 Å². The van der Waals surface area contributed by atoms with Crippen molar-refractivity contribution in [3.63, 3.8) is 0 Å². The van der Waals surface area contributed by atoms with Crippen molar-refractivity contribution in [1.29, 1.82) is 0 Å². The minimum atomic E-state index is -0.965. The van der Waals surface area contributed by atoms with E-state index in [1.54, 1.807) is 19.2 Å². The van der Waals surface area contributed by atoms with Crippen LogP contribution in [0.15, 0.2) is 24.4 Å². The first-order chi connectivity index (χ1) is 9.47. The van der Waals surface area contributed by atoms with Gasteiger partial charge in [0.15, 0.2) is 0 Å². The van der Waals surface area contributed by atoms with Gasteiger partial charge in [-0.05, 0) is 25.1 Å². The Hall–Kier alpha value is -2.57. The van der Waals surface area contributed by atoms with E-state index in [1.807, 2.05) is 0 Å². The van der Waals surface area contributed by atoms with E-state index in [0.717, 1.165) is 12.1 Å². The Morgan fingerprint density at radius 2 is 2.00 bits per heavy atom. The van der Waals surface area contributed by atoms with E-state index in [-0.39, 0.29) is 12.1 Å². The topological polar surface area (TPSA) is 80.9 Å². The monoisotopic (exact) mass is 278 g/mol. The van der Waals surface area contributed by atoms with Gasteiger partial charge in [-0.3, -0.25) is 4.79 Å². The Bertz CT molecular complexity index is 638. The molecule has 5 nitrogen and oxygen atoms in total. The molecule has 3 N–H and O–H groups in total. The van der Waals surface area contributed by atoms with E-state index in [9.17, 15) is 13.6 Å². The summed E-state index contributed by atoms with van der Waals surface area (Å²) < 4.78 is 26.5. The molecule has 0 unspecified atom stereocenters. The fourth-order valence-corrected chi connectivity index (χ4v) is 1.59. The van der Waals surface area contributed by atoms with Gasteiger partial charge in [0.05, 0.1) is 12.2 Å². The second kappa shape index (κ2) is 5.60. The number of rotatable bonds is 3. The smallest absolute Gasteiger partial charge is 0.251 e. The van der Waals surface area contributed by atoms with E-state index < -0.39 is 23.2 Å². The van der Waals surface area contributed by atoms with Gasteiger partial charge in [0.2, 0.25) is 0 Å². The van der Waals surface area contributed by atoms with Gasteiger partial charge >= 0.3 is 0 Å². The van der Waals surface area contributed by atoms with Gasteiger partial charge in [0, 0.05) is 11.8 Å². The SMILES string of the molecule is Cc1nccc(CNC(=O)c2cc(F)c(N)c(F)c2)n1. The summed E-state index contributed by atoms with van der Waals surface area (Å²) in [4.78, 5) is 19.8. The molecule has 0 spiro atoms. The zero-order valence-corrected chi connectivity index (χ0v) is 10.7. The first-order valence-corrected chi connectivity index (χ1v) is 5.78. The Morgan fingerprint density at radius 3 is 2.60 bits per heavy atom. The molecule has 0 aliphatic carbocycles. The minimum Gasteiger partial charge on any atom is -0.394 e. The average Bonchev–Trinajstić information content (AvgIpc) is 2.41. The van der Waals surface area contributed by atoms with Crippen LogP contribution in [0.2, 0.25) is 0 Å². The first kappa shape index (κ1) is 13.9. The molecule has 104 valence electrons. The third kappa shape index (κ3) is 3.05. The number of nitrogen functional groups attached to an aromatic ring is 1. The van der Waals surface area contributed by atoms with Crippen molar-refractivity contribution in [1.82, 2.24) is 15.3 Å². The summed E-state index contributed by atoms with van der Waals surface area (Å²) in [5.74, 6) is -1.97. The highest BCUT2D eigenvalue weighted by Crippen LogP contribution is 2.17. The van der Waals surface area contributed by atoms with Crippen LogP contribution in [0.25, 0.3) is 0 Å². The van der Waals surface area contributed by atoms with Crippen LogP contribution >= 0.6 is 0 Å². The highest BCUT2D eigenvalue weighted by atomic mass is 19.1. The van der Waals surface area contributed by atoms with E-state index in [0.29, 0.717) is 11.5 Å². The van der Waals surface area contributed by atoms with Crippen LogP contribution in [0.1, 0.15) is 21.9 Å². The number of anilines is 1. The summed E-state index contributed by atoms with van der Waals surface area (Å²) in [6.45, 7) is 1.85. The Morgan fingerprint density at radius 1 is 1.35 bits per heavy atom. The number of benzene rings is 1. The second-order valence-corrected chi connectivity index (χ2v) is 4.13. The zero-order chi connectivity index (χ0) is 14.7. The fraction of sp³-hybridized carbons (Fsp3) is 0.154. The van der Waals surface area contributed by atoms with Crippen LogP contribution in [0.3, 0.4) is 0 Å². The van der Waals surface area contributed by atoms with Crippen LogP contribution in [0.5, 0.6) is 0 Å². The Balaban J connectivity index is 2.09. The molecule has 0 fully saturated rings. The van der Waals surface area contributed by atoms with E-state index in [2.05, 4.69) is 15.3 Å². The maximum atomic E-state index is 13.3. The molecule has 7 heteroatoms. The third-order valence-corrected chi connectivity index (χ3v) is 2.61. The lowest BCUT2D eigenvalue weighted by Gasteiger charge is -2.07. The van der Waals surface area contributed by atoms with Gasteiger partial charge in [0.1, 0.15) is 23.1 Å². The summed E-state index contributed by atoms with van der Waals surface area (Å²) >= 11 is 0. The number of hydrogen-bond acceptors (Lipinski definition) is 4. The van der Waals surface area contributed by atoms with Crippen molar-refractivity contribution in [3.8, 4) is 0 Å². The van der Waals surface area contributed by atoms with Crippen molar-refractivity contribution in [2.45, 2.75) is 13.5 Å². The third-order valence-electron chi connectivity index (χ3n) is 2.61. The number of carbonyl (C=O) groups excluding carboxylic acids is 1. The molecule has 0 saturated carbocycles. The molecule has 2 rings (SSSR count). The lowest BCUT2D eigenvalue weighted by atomic mass is 10.1. The molecular weight excluding hydrogens is 266 g/mol. The average molecular weight is 278 g/mol. The number of aryl methyl sites for hydroxylation is 1. The molecule has 1 aromatic heterocycles. The standard InChI is InChI=1S/C13H12F2N4O/c1-7-17-3-2-9(19-7)6-18-13(20)8-4-10(14)12(16)11(15)5-8/h2-5H,6,16H2,1H3,(H,18,20). The number of nitrogens with one attached hydrogen (secondary N) is 1. The number of aromatic nitrogens is 2. The van der Waals surface area contributed by atoms with Crippen LogP contribution < -0.4 is 11.1 Å². The molecule has 1 aromatic carbocycles. The van der Waals surface area contributed by atoms with Crippen LogP contribution in [0, 0.1) is 18.6 Å². The van der Waals surface area contributed by atoms with Crippen molar-refractivity contribution < 1.29 is 13.6 Å². The maximum absolute atomic E-state index is 13.3. The van der Waals surface area contributed by atoms with E-state index in [4.69, 9.17) is 5.73 Å². The highest BCUT2D eigenvalue weighted by Gasteiger charge is 2.13. The molecule has 1 heterocycles. The van der Waals surface area contributed by atoms with Gasteiger partial charge in [-0.1, -0.05) is 0 Å². The predicted octanol–water partition coefficient (Wildman–Crippen LogP) is 1.58. The van der Waals surface area contributed by atoms with Crippen LogP contribution in [0.4, 0.5) is 14.5 Å². The minimum absolute atomic E-state index is 0.135. The van der Waals surface area contributed by atoms with Gasteiger partial charge in [-0.15, -0.1) is 0 Å². The second-order valence-electron chi connectivity index (χ2n) is 4.13. The maximum Gasteiger partial charge on any atom is 0.251 e. The summed E-state index contributed by atoms with van der Waals surface area (Å²) in [6.07, 6.45) is 1.56. The summed E-state index contributed by atoms with van der Waals surface area (Å²) in [5.41, 5.74) is 4.99. The van der Waals surface area contributed by atoms with Crippen molar-refractivity contribution in [2.75, 3.05) is 5.73 Å². The Labute approximate surface area is 113 Å². The lowest BCUT2D eigenvalue weighted by Crippen LogP contribution is -2.24. The normalized spacial score (nSPS) is 10.3. The van der Waals surface area contributed by atoms with Gasteiger partial charge in [-0.25, -0.2) is 18.7 Å². The number of halogens is 2. The van der Waals surface area contributed by atoms with Gasteiger partial charge in [0.25, 0.3) is 5.91 Å². The van der Waals surface area contributed by atoms with Crippen LogP contribution in [-0.2, 0) is 6.54 Å². The van der Waals surface area contributed by atoms with Crippen LogP contribution in [-0.4, -0.2) is 15.9 Å². The molecule has 0 bridgehead atoms. The molecule has 0 radical (unpaired) electrons. The van der Waals surface area contributed by atoms with Crippen molar-refractivity contribution in [2.24, 2.45) is 0 Å². The first-order valence-electron chi connectivity index (χ1n) is 5.78. The molecule has 1 amide bonds. The van der Waals surface area contributed by atoms with E-state index >= 15 is 0 Å². The number of nitrogens with zero attached hydrogens (tertiary/aromatic N) is 2. The molecule has 2 aromatic rings. The number of carbonyl (C=O) groups is 1. The predicted molar refractivity (Wildman–Crippen MR) is 68.7 cm³/mol. The molecule has 0 atom stereocenters. The zero-order valence-electron chi connectivity index (χ0n) is 10.7. The highest BCUT2D eigenvalue weighted by molar-refractivity contribution is 5.94. The molecule has 0 aliphatic heterocycles. The summed E-state index contributed by atoms with van der Waals surface area (Å²) in [6, 6.07) is 3.41. The molecule has 0 saturated heterocycles. The Kier molecular flexibility index (Phi) is 3.88. The number of hydrogen-bond donors (Lipinski definition) is 2. The quantitative estimate of drug-likeness (QED) is 0.835. The molecule has 0 aliphatic rings. The van der Waals surface area contributed by atoms with Crippen molar-refractivity contribution >= 4 is 11.6 Å². The lowest BCUT2D eigenvalue weighted by molar-refractivity contribution is 0.0949. The van der Waals surface area contributed by atoms with Gasteiger partial charge < -0.3 is 11.1 Å². The van der Waals surface area contributed by atoms with Gasteiger partial charge in [-0.2, -0.15) is 0 Å². The fourth-order valence-electron chi connectivity index (χ4n) is 1.59. The molecule has 20 heavy (non-hydrogen) atoms. The van der Waals surface area contributed by atoms with Crippen molar-refractivity contribution in [3.05, 3.63) is 53.1 Å². The summed E-state index contributed by atoms with van der Waals surface area (Å²) in [7, 11) is 0. The molecular formula is C13H12F2N4O. The largest absolute Gasteiger partial charge is 0.394 e. The summed E-state index contributed by atoms with van der Waals surface area (Å²) in [5, 5.41) is 2.51. The number of nitrogens with two attached hydrogens (primary N) is 1.